The van der Waals surface area contributed by atoms with Gasteiger partial charge in [0.2, 0.25) is 0 Å². The number of hydrogen-bond acceptors (Lipinski definition) is 4. The Morgan fingerprint density at radius 1 is 1.56 bits per heavy atom. The molecule has 16 heavy (non-hydrogen) atoms. The molecule has 0 aliphatic carbocycles. The summed E-state index contributed by atoms with van der Waals surface area (Å²) in [5, 5.41) is 0. The van der Waals surface area contributed by atoms with Gasteiger partial charge in [0.15, 0.2) is 0 Å². The van der Waals surface area contributed by atoms with E-state index >= 15 is 0 Å². The quantitative estimate of drug-likeness (QED) is 0.534. The summed E-state index contributed by atoms with van der Waals surface area (Å²) in [6.07, 6.45) is -1.01. The topological polar surface area (TPSA) is 85.2 Å². The van der Waals surface area contributed by atoms with Crippen LogP contribution in [0.5, 0.6) is 0 Å². The zero-order valence-electron chi connectivity index (χ0n) is 9.28. The Morgan fingerprint density at radius 3 is 2.69 bits per heavy atom. The lowest BCUT2D eigenvalue weighted by atomic mass is 9.96. The minimum absolute atomic E-state index is 0.0103. The minimum atomic E-state index is -4.52. The summed E-state index contributed by atoms with van der Waals surface area (Å²) in [5.74, 6) is 0. The molecule has 6 nitrogen and oxygen atoms in total. The Balaban J connectivity index is 2.49. The summed E-state index contributed by atoms with van der Waals surface area (Å²) in [4.78, 5) is 17.4. The smallest absolute Gasteiger partial charge is 0.380 e. The van der Waals surface area contributed by atoms with Crippen LogP contribution in [-0.2, 0) is 18.6 Å². The molecule has 0 unspecified atom stereocenters. The van der Waals surface area contributed by atoms with Crippen LogP contribution in [0, 0.1) is 0 Å². The van der Waals surface area contributed by atoms with Crippen molar-refractivity contribution in [2.45, 2.75) is 44.6 Å². The predicted molar refractivity (Wildman–Crippen MR) is 57.0 cm³/mol. The zero-order valence-corrected chi connectivity index (χ0v) is 10.2. The van der Waals surface area contributed by atoms with Crippen LogP contribution in [0.4, 0.5) is 0 Å². The number of phosphoric acid groups is 1. The fourth-order valence-corrected chi connectivity index (χ4v) is 2.04. The van der Waals surface area contributed by atoms with Crippen molar-refractivity contribution in [3.05, 3.63) is 0 Å². The maximum atomic E-state index is 10.7. The molecule has 0 spiro atoms. The third-order valence-electron chi connectivity index (χ3n) is 2.10. The van der Waals surface area contributed by atoms with Gasteiger partial charge in [-0.1, -0.05) is 0 Å². The van der Waals surface area contributed by atoms with Crippen LogP contribution in [0.1, 0.15) is 20.3 Å². The fraction of sp³-hybridized carbons (Fsp3) is 1.00. The van der Waals surface area contributed by atoms with E-state index in [2.05, 4.69) is 4.52 Å². The molecule has 0 saturated carbocycles. The molecule has 0 amide bonds. The molecule has 92 valence electrons. The molecule has 0 aromatic rings. The number of phosphoric ester groups is 1. The highest BCUT2D eigenvalue weighted by Gasteiger charge is 2.37. The normalized spacial score (nSPS) is 31.2. The van der Waals surface area contributed by atoms with Crippen molar-refractivity contribution >= 4 is 15.7 Å². The molecule has 2 radical (unpaired) electrons. The van der Waals surface area contributed by atoms with Crippen LogP contribution >= 0.6 is 7.82 Å². The monoisotopic (exact) mass is 250 g/mol. The first-order valence-electron chi connectivity index (χ1n) is 5.04. The van der Waals surface area contributed by atoms with E-state index in [4.69, 9.17) is 27.1 Å². The molecule has 0 bridgehead atoms. The molecule has 0 aromatic heterocycles. The van der Waals surface area contributed by atoms with Crippen molar-refractivity contribution in [2.24, 2.45) is 0 Å². The number of rotatable bonds is 5. The van der Waals surface area contributed by atoms with Crippen LogP contribution in [0.2, 0.25) is 0 Å². The van der Waals surface area contributed by atoms with E-state index < -0.39 is 26.0 Å². The standard InChI is InChI=1S/C8H16BO6P/c1-5(2)13-4-7-6(3-8(9)14-7)15-16(10,11)12/h5-8H,3-4H2,1-2H3,(H2,10,11,12)/t6-,7-,8-/m1/s1. The second-order valence-corrected chi connectivity index (χ2v) is 5.16. The van der Waals surface area contributed by atoms with Gasteiger partial charge < -0.3 is 19.3 Å². The van der Waals surface area contributed by atoms with E-state index in [1.54, 1.807) is 0 Å². The van der Waals surface area contributed by atoms with Gasteiger partial charge in [0.25, 0.3) is 0 Å². The van der Waals surface area contributed by atoms with E-state index in [1.165, 1.54) is 0 Å². The van der Waals surface area contributed by atoms with Crippen molar-refractivity contribution in [1.82, 2.24) is 0 Å². The minimum Gasteiger partial charge on any atom is -0.380 e. The van der Waals surface area contributed by atoms with E-state index in [1.807, 2.05) is 13.8 Å². The maximum absolute atomic E-state index is 10.7. The predicted octanol–water partition coefficient (Wildman–Crippen LogP) is 0.173. The Hall–Kier alpha value is 0.0949. The average molecular weight is 250 g/mol. The van der Waals surface area contributed by atoms with E-state index in [0.29, 0.717) is 0 Å². The first-order valence-corrected chi connectivity index (χ1v) is 6.57. The van der Waals surface area contributed by atoms with E-state index in [0.717, 1.165) is 0 Å². The maximum Gasteiger partial charge on any atom is 0.469 e. The summed E-state index contributed by atoms with van der Waals surface area (Å²) in [7, 11) is 1.01. The Bertz CT molecular complexity index is 267. The van der Waals surface area contributed by atoms with Gasteiger partial charge in [-0.05, 0) is 20.3 Å². The van der Waals surface area contributed by atoms with E-state index in [9.17, 15) is 4.57 Å². The molecular formula is C8H16BO6P. The molecule has 1 aliphatic rings. The van der Waals surface area contributed by atoms with Crippen molar-refractivity contribution in [1.29, 1.82) is 0 Å². The summed E-state index contributed by atoms with van der Waals surface area (Å²) >= 11 is 0. The van der Waals surface area contributed by atoms with Gasteiger partial charge in [-0.15, -0.1) is 0 Å². The summed E-state index contributed by atoms with van der Waals surface area (Å²) in [6.45, 7) is 3.91. The Labute approximate surface area is 95.9 Å². The average Bonchev–Trinajstić information content (AvgIpc) is 2.39. The lowest BCUT2D eigenvalue weighted by molar-refractivity contribution is -0.0457. The van der Waals surface area contributed by atoms with Gasteiger partial charge in [0, 0.05) is 6.00 Å². The van der Waals surface area contributed by atoms with Crippen molar-refractivity contribution in [2.75, 3.05) is 6.61 Å². The SMILES string of the molecule is [B][C@H]1C[C@@H](OP(=O)(O)O)[C@@H](COC(C)C)O1. The molecule has 1 saturated heterocycles. The number of hydrogen-bond donors (Lipinski definition) is 2. The van der Waals surface area contributed by atoms with Gasteiger partial charge in [-0.3, -0.25) is 4.52 Å². The van der Waals surface area contributed by atoms with Crippen LogP contribution in [0.3, 0.4) is 0 Å². The van der Waals surface area contributed by atoms with Crippen LogP contribution in [0.15, 0.2) is 0 Å². The van der Waals surface area contributed by atoms with Gasteiger partial charge in [0.05, 0.1) is 18.8 Å². The first-order chi connectivity index (χ1) is 7.28. The number of ether oxygens (including phenoxy) is 2. The largest absolute Gasteiger partial charge is 0.469 e. The fourth-order valence-electron chi connectivity index (χ4n) is 1.47. The second-order valence-electron chi connectivity index (χ2n) is 3.97. The lowest BCUT2D eigenvalue weighted by Crippen LogP contribution is -2.29. The second kappa shape index (κ2) is 5.62. The molecule has 2 N–H and O–H groups in total. The molecule has 1 rings (SSSR count). The first kappa shape index (κ1) is 14.2. The molecular weight excluding hydrogens is 234 g/mol. The van der Waals surface area contributed by atoms with Crippen molar-refractivity contribution in [3.63, 3.8) is 0 Å². The van der Waals surface area contributed by atoms with Gasteiger partial charge in [0.1, 0.15) is 14.0 Å². The van der Waals surface area contributed by atoms with E-state index in [-0.39, 0.29) is 19.1 Å². The highest BCUT2D eigenvalue weighted by Crippen LogP contribution is 2.41. The lowest BCUT2D eigenvalue weighted by Gasteiger charge is -2.20. The van der Waals surface area contributed by atoms with Crippen molar-refractivity contribution < 1.29 is 28.3 Å². The molecule has 1 fully saturated rings. The highest BCUT2D eigenvalue weighted by atomic mass is 31.2. The van der Waals surface area contributed by atoms with Gasteiger partial charge in [-0.25, -0.2) is 4.57 Å². The van der Waals surface area contributed by atoms with Crippen molar-refractivity contribution in [3.8, 4) is 0 Å². The summed E-state index contributed by atoms with van der Waals surface area (Å²) in [6, 6.07) is -0.572. The van der Waals surface area contributed by atoms with Crippen LogP contribution in [0.25, 0.3) is 0 Å². The Kier molecular flexibility index (Phi) is 4.97. The highest BCUT2D eigenvalue weighted by molar-refractivity contribution is 7.46. The molecule has 8 heteroatoms. The third kappa shape index (κ3) is 4.95. The van der Waals surface area contributed by atoms with Crippen LogP contribution in [-0.4, -0.2) is 48.6 Å². The molecule has 0 aromatic carbocycles. The summed E-state index contributed by atoms with van der Waals surface area (Å²) in [5.41, 5.74) is 0. The summed E-state index contributed by atoms with van der Waals surface area (Å²) < 4.78 is 25.9. The Morgan fingerprint density at radius 2 is 2.19 bits per heavy atom. The van der Waals surface area contributed by atoms with Gasteiger partial charge in [-0.2, -0.15) is 0 Å². The molecule has 3 atom stereocenters. The third-order valence-corrected chi connectivity index (χ3v) is 2.64. The molecule has 1 aliphatic heterocycles. The van der Waals surface area contributed by atoms with Gasteiger partial charge >= 0.3 is 7.82 Å². The van der Waals surface area contributed by atoms with Crippen LogP contribution < -0.4 is 0 Å². The molecule has 1 heterocycles. The zero-order chi connectivity index (χ0) is 12.3.